The molecule has 0 saturated carbocycles. The Morgan fingerprint density at radius 3 is 2.82 bits per heavy atom. The molecule has 0 spiro atoms. The average molecular weight is 414 g/mol. The third-order valence-electron chi connectivity index (χ3n) is 1.79. The van der Waals surface area contributed by atoms with Crippen molar-refractivity contribution in [1.29, 1.82) is 0 Å². The molecule has 8 heteroatoms. The minimum absolute atomic E-state index is 0.0941. The fraction of sp³-hybridized carbons (Fsp3) is 0.222. The van der Waals surface area contributed by atoms with E-state index in [4.69, 9.17) is 0 Å². The van der Waals surface area contributed by atoms with Gasteiger partial charge < -0.3 is 0 Å². The maximum Gasteiger partial charge on any atom is 0.175 e. The van der Waals surface area contributed by atoms with E-state index in [0.717, 1.165) is 23.3 Å². The van der Waals surface area contributed by atoms with Crippen LogP contribution in [0, 0.1) is 6.92 Å². The first kappa shape index (κ1) is 13.7. The average Bonchev–Trinajstić information content (AvgIpc) is 2.81. The molecular weight excluding hydrogens is 408 g/mol. The van der Waals surface area contributed by atoms with Gasteiger partial charge in [-0.1, -0.05) is 11.8 Å². The zero-order valence-electron chi connectivity index (χ0n) is 8.57. The first-order valence-corrected chi connectivity index (χ1v) is 8.63. The van der Waals surface area contributed by atoms with Crippen molar-refractivity contribution in [3.63, 3.8) is 0 Å². The lowest BCUT2D eigenvalue weighted by Gasteiger charge is -1.96. The normalized spacial score (nSPS) is 10.8. The van der Waals surface area contributed by atoms with Gasteiger partial charge in [0.2, 0.25) is 0 Å². The summed E-state index contributed by atoms with van der Waals surface area (Å²) in [4.78, 5) is 16.2. The summed E-state index contributed by atoms with van der Waals surface area (Å²) in [5.41, 5.74) is 0.718. The molecule has 0 aromatic carbocycles. The van der Waals surface area contributed by atoms with Crippen LogP contribution in [0.3, 0.4) is 0 Å². The highest BCUT2D eigenvalue weighted by atomic mass is 79.9. The largest absolute Gasteiger partial charge is 0.293 e. The number of carbonyl (C=O) groups is 1. The highest BCUT2D eigenvalue weighted by Crippen LogP contribution is 2.33. The first-order chi connectivity index (χ1) is 8.06. The van der Waals surface area contributed by atoms with Crippen molar-refractivity contribution in [2.45, 2.75) is 11.3 Å². The molecule has 0 aliphatic rings. The summed E-state index contributed by atoms with van der Waals surface area (Å²) in [5, 5.41) is 0. The van der Waals surface area contributed by atoms with Crippen molar-refractivity contribution < 1.29 is 4.79 Å². The lowest BCUT2D eigenvalue weighted by atomic mass is 10.2. The Hall–Kier alpha value is 0.240. The van der Waals surface area contributed by atoms with E-state index in [1.807, 2.05) is 13.0 Å². The molecule has 0 aliphatic carbocycles. The topological polar surface area (TPSA) is 42.9 Å². The van der Waals surface area contributed by atoms with Gasteiger partial charge in [-0.3, -0.25) is 4.79 Å². The maximum absolute atomic E-state index is 12.0. The molecule has 17 heavy (non-hydrogen) atoms. The van der Waals surface area contributed by atoms with E-state index in [2.05, 4.69) is 41.2 Å². The van der Waals surface area contributed by atoms with Crippen LogP contribution in [0.25, 0.3) is 0 Å². The van der Waals surface area contributed by atoms with Crippen LogP contribution in [0.15, 0.2) is 18.0 Å². The number of thiophene rings is 1. The minimum Gasteiger partial charge on any atom is -0.293 e. The summed E-state index contributed by atoms with van der Waals surface area (Å²) in [7, 11) is 0. The molecule has 2 rings (SSSR count). The molecule has 2 aromatic rings. The van der Waals surface area contributed by atoms with Crippen molar-refractivity contribution >= 4 is 72.3 Å². The van der Waals surface area contributed by atoms with Crippen molar-refractivity contribution in [3.8, 4) is 0 Å². The van der Waals surface area contributed by atoms with Gasteiger partial charge in [0, 0.05) is 5.56 Å². The fourth-order valence-electron chi connectivity index (χ4n) is 1.07. The van der Waals surface area contributed by atoms with E-state index < -0.39 is 0 Å². The Morgan fingerprint density at radius 2 is 2.29 bits per heavy atom. The summed E-state index contributed by atoms with van der Waals surface area (Å²) in [6.45, 7) is 1.84. The lowest BCUT2D eigenvalue weighted by Crippen LogP contribution is -2.01. The third kappa shape index (κ3) is 3.60. The predicted octanol–water partition coefficient (Wildman–Crippen LogP) is 4.41. The molecule has 2 heterocycles. The molecular formula is C9H6Br2N2OS3. The Labute approximate surface area is 127 Å². The van der Waals surface area contributed by atoms with Crippen molar-refractivity contribution in [2.24, 2.45) is 0 Å². The molecule has 0 N–H and O–H groups in total. The quantitative estimate of drug-likeness (QED) is 0.550. The second-order valence-electron chi connectivity index (χ2n) is 3.06. The number of aromatic nitrogens is 2. The highest BCUT2D eigenvalue weighted by molar-refractivity contribution is 9.12. The number of Topliss-reactive ketones (excluding diaryl/α,β-unsaturated/α-hetero) is 1. The Balaban J connectivity index is 2.00. The second kappa shape index (κ2) is 5.92. The number of aryl methyl sites for hydroxylation is 1. The third-order valence-corrected chi connectivity index (χ3v) is 6.06. The van der Waals surface area contributed by atoms with Gasteiger partial charge in [0.05, 0.1) is 13.3 Å². The zero-order valence-corrected chi connectivity index (χ0v) is 14.2. The molecule has 2 aromatic heterocycles. The number of hydrogen-bond donors (Lipinski definition) is 0. The Morgan fingerprint density at radius 1 is 1.53 bits per heavy atom. The van der Waals surface area contributed by atoms with Gasteiger partial charge >= 0.3 is 0 Å². The summed E-state index contributed by atoms with van der Waals surface area (Å²) in [5.74, 6) is 1.23. The highest BCUT2D eigenvalue weighted by Gasteiger charge is 2.14. The van der Waals surface area contributed by atoms with Crippen molar-refractivity contribution in [1.82, 2.24) is 9.36 Å². The second-order valence-corrected chi connectivity index (χ2v) is 8.78. The molecule has 0 atom stereocenters. The van der Waals surface area contributed by atoms with Crippen LogP contribution in [-0.4, -0.2) is 20.9 Å². The van der Waals surface area contributed by atoms with Gasteiger partial charge in [0.1, 0.15) is 5.82 Å². The maximum atomic E-state index is 12.0. The van der Waals surface area contributed by atoms with Crippen molar-refractivity contribution in [3.05, 3.63) is 25.0 Å². The molecule has 0 unspecified atom stereocenters. The monoisotopic (exact) mass is 412 g/mol. The van der Waals surface area contributed by atoms with Gasteiger partial charge in [0.25, 0.3) is 0 Å². The molecule has 3 nitrogen and oxygen atoms in total. The number of halogens is 2. The van der Waals surface area contributed by atoms with E-state index in [-0.39, 0.29) is 5.78 Å². The van der Waals surface area contributed by atoms with Crippen LogP contribution in [0.4, 0.5) is 0 Å². The summed E-state index contributed by atoms with van der Waals surface area (Å²) < 4.78 is 6.72. The van der Waals surface area contributed by atoms with Crippen LogP contribution >= 0.6 is 66.5 Å². The number of ketones is 1. The van der Waals surface area contributed by atoms with E-state index in [9.17, 15) is 4.79 Å². The molecule has 0 amide bonds. The van der Waals surface area contributed by atoms with E-state index in [1.165, 1.54) is 34.6 Å². The van der Waals surface area contributed by atoms with Gasteiger partial charge in [-0.2, -0.15) is 4.37 Å². The van der Waals surface area contributed by atoms with Crippen LogP contribution in [0.5, 0.6) is 0 Å². The Bertz CT molecular complexity index is 552. The van der Waals surface area contributed by atoms with Gasteiger partial charge in [0.15, 0.2) is 10.1 Å². The predicted molar refractivity (Wildman–Crippen MR) is 79.4 cm³/mol. The fourth-order valence-corrected chi connectivity index (χ4v) is 5.46. The molecule has 0 aliphatic heterocycles. The molecule has 0 saturated heterocycles. The van der Waals surface area contributed by atoms with Crippen LogP contribution < -0.4 is 0 Å². The smallest absolute Gasteiger partial charge is 0.175 e. The van der Waals surface area contributed by atoms with Crippen molar-refractivity contribution in [2.75, 3.05) is 5.75 Å². The first-order valence-electron chi connectivity index (χ1n) is 4.47. The van der Waals surface area contributed by atoms with Gasteiger partial charge in [-0.05, 0) is 56.4 Å². The number of nitrogens with zero attached hydrogens (tertiary/aromatic N) is 2. The number of thioether (sulfide) groups is 1. The summed E-state index contributed by atoms with van der Waals surface area (Å²) in [6, 6.07) is 1.84. The number of carbonyl (C=O) groups excluding carboxylic acids is 1. The molecule has 0 fully saturated rings. The zero-order chi connectivity index (χ0) is 12.4. The Kier molecular flexibility index (Phi) is 4.76. The van der Waals surface area contributed by atoms with Gasteiger partial charge in [-0.25, -0.2) is 4.98 Å². The summed E-state index contributed by atoms with van der Waals surface area (Å²) >= 11 is 11.0. The summed E-state index contributed by atoms with van der Waals surface area (Å²) in [6.07, 6.45) is 0. The minimum atomic E-state index is 0.0941. The van der Waals surface area contributed by atoms with Crippen LogP contribution in [0.1, 0.15) is 16.2 Å². The van der Waals surface area contributed by atoms with E-state index >= 15 is 0 Å². The van der Waals surface area contributed by atoms with E-state index in [1.54, 1.807) is 0 Å². The van der Waals surface area contributed by atoms with Crippen LogP contribution in [0.2, 0.25) is 0 Å². The SMILES string of the molecule is Cc1nsc(SCC(=O)c2cc(Br)sc2Br)n1. The number of hydrogen-bond acceptors (Lipinski definition) is 6. The number of rotatable bonds is 4. The molecule has 0 radical (unpaired) electrons. The molecule has 0 bridgehead atoms. The lowest BCUT2D eigenvalue weighted by molar-refractivity contribution is 0.102. The van der Waals surface area contributed by atoms with Crippen LogP contribution in [-0.2, 0) is 0 Å². The van der Waals surface area contributed by atoms with E-state index in [0.29, 0.717) is 5.75 Å². The molecule has 90 valence electrons. The standard InChI is InChI=1S/C9H6Br2N2OS3/c1-4-12-9(17-13-4)15-3-6(14)5-2-7(10)16-8(5)11/h2H,3H2,1H3. The van der Waals surface area contributed by atoms with Gasteiger partial charge in [-0.15, -0.1) is 11.3 Å².